The molecule has 0 saturated heterocycles. The Bertz CT molecular complexity index is 611. The van der Waals surface area contributed by atoms with Crippen molar-refractivity contribution in [1.82, 2.24) is 15.5 Å². The molecule has 0 aromatic heterocycles. The van der Waals surface area contributed by atoms with Gasteiger partial charge in [-0.25, -0.2) is 4.99 Å². The molecule has 1 fully saturated rings. The summed E-state index contributed by atoms with van der Waals surface area (Å²) in [5, 5.41) is 16.4. The summed E-state index contributed by atoms with van der Waals surface area (Å²) in [5.74, 6) is 1.76. The molecule has 1 aliphatic carbocycles. The minimum absolute atomic E-state index is 0. The minimum Gasteiger partial charge on any atom is -0.494 e. The molecule has 7 heteroatoms. The van der Waals surface area contributed by atoms with Gasteiger partial charge in [0.2, 0.25) is 0 Å². The molecule has 0 bridgehead atoms. The molecule has 0 spiro atoms. The van der Waals surface area contributed by atoms with Crippen molar-refractivity contribution >= 4 is 29.9 Å². The van der Waals surface area contributed by atoms with Crippen LogP contribution < -0.4 is 15.4 Å². The zero-order chi connectivity index (χ0) is 21.7. The molecule has 0 radical (unpaired) electrons. The van der Waals surface area contributed by atoms with Crippen LogP contribution in [-0.2, 0) is 6.54 Å². The van der Waals surface area contributed by atoms with Gasteiger partial charge in [0.1, 0.15) is 5.75 Å². The van der Waals surface area contributed by atoms with E-state index in [1.165, 1.54) is 32.1 Å². The lowest BCUT2D eigenvalue weighted by Crippen LogP contribution is -2.44. The number of nitrogens with one attached hydrogen (secondary N) is 2. The van der Waals surface area contributed by atoms with Gasteiger partial charge in [-0.15, -0.1) is 24.0 Å². The van der Waals surface area contributed by atoms with Crippen molar-refractivity contribution in [1.29, 1.82) is 0 Å². The van der Waals surface area contributed by atoms with E-state index < -0.39 is 0 Å². The number of guanidine groups is 1. The fourth-order valence-electron chi connectivity index (χ4n) is 4.10. The first-order chi connectivity index (χ1) is 14.6. The Morgan fingerprint density at radius 3 is 2.45 bits per heavy atom. The quantitative estimate of drug-likeness (QED) is 0.160. The molecule has 1 saturated carbocycles. The van der Waals surface area contributed by atoms with Gasteiger partial charge in [-0.2, -0.15) is 0 Å². The Hall–Kier alpha value is -1.06. The summed E-state index contributed by atoms with van der Waals surface area (Å²) in [5.41, 5.74) is 1.37. The number of nitrogens with zero attached hydrogens (tertiary/aromatic N) is 2. The minimum atomic E-state index is 0. The second kappa shape index (κ2) is 15.7. The van der Waals surface area contributed by atoms with Gasteiger partial charge in [-0.05, 0) is 69.8 Å². The van der Waals surface area contributed by atoms with Gasteiger partial charge in [0.15, 0.2) is 5.96 Å². The molecule has 6 nitrogen and oxygen atoms in total. The van der Waals surface area contributed by atoms with Gasteiger partial charge >= 0.3 is 0 Å². The standard InChI is InChI=1S/C24H42N4O2.HI/c1-4-25-23(27-20-24(15-17-29)13-6-5-7-14-24)26-19-21-9-11-22(12-10-21)30-18-8-16-28(2)3;/h9-12,29H,4-8,13-20H2,1-3H3,(H2,25,26,27);1H. The Morgan fingerprint density at radius 2 is 1.84 bits per heavy atom. The third kappa shape index (κ3) is 10.9. The Morgan fingerprint density at radius 1 is 1.13 bits per heavy atom. The summed E-state index contributed by atoms with van der Waals surface area (Å²) in [6.07, 6.45) is 8.12. The Kier molecular flexibility index (Phi) is 14.2. The molecule has 0 amide bonds. The highest BCUT2D eigenvalue weighted by Gasteiger charge is 2.31. The van der Waals surface area contributed by atoms with Crippen LogP contribution in [0.2, 0.25) is 0 Å². The van der Waals surface area contributed by atoms with E-state index >= 15 is 0 Å². The van der Waals surface area contributed by atoms with Crippen LogP contribution in [0.25, 0.3) is 0 Å². The average Bonchev–Trinajstić information content (AvgIpc) is 2.75. The highest BCUT2D eigenvalue weighted by Crippen LogP contribution is 2.38. The molecule has 31 heavy (non-hydrogen) atoms. The maximum Gasteiger partial charge on any atom is 0.191 e. The van der Waals surface area contributed by atoms with E-state index in [2.05, 4.69) is 48.7 Å². The van der Waals surface area contributed by atoms with Gasteiger partial charge in [-0.3, -0.25) is 0 Å². The second-order valence-corrected chi connectivity index (χ2v) is 8.73. The van der Waals surface area contributed by atoms with Crippen LogP contribution in [0.1, 0.15) is 57.4 Å². The number of aliphatic imine (C=N–C) groups is 1. The number of halogens is 1. The smallest absolute Gasteiger partial charge is 0.191 e. The van der Waals surface area contributed by atoms with Crippen LogP contribution in [0, 0.1) is 5.41 Å². The SMILES string of the molecule is CCNC(=NCc1ccc(OCCCN(C)C)cc1)NCC1(CCO)CCCCC1.I. The maximum atomic E-state index is 9.53. The fraction of sp³-hybridized carbons (Fsp3) is 0.708. The summed E-state index contributed by atoms with van der Waals surface area (Å²) < 4.78 is 5.81. The number of ether oxygens (including phenoxy) is 1. The molecule has 2 rings (SSSR count). The molecule has 1 aliphatic rings. The molecule has 1 aromatic carbocycles. The van der Waals surface area contributed by atoms with E-state index in [9.17, 15) is 5.11 Å². The number of hydrogen-bond donors (Lipinski definition) is 3. The lowest BCUT2D eigenvalue weighted by molar-refractivity contribution is 0.131. The molecule has 0 unspecified atom stereocenters. The molecule has 178 valence electrons. The largest absolute Gasteiger partial charge is 0.494 e. The molecule has 1 aromatic rings. The van der Waals surface area contributed by atoms with E-state index in [0.29, 0.717) is 6.54 Å². The van der Waals surface area contributed by atoms with E-state index in [1.807, 2.05) is 12.1 Å². The fourth-order valence-corrected chi connectivity index (χ4v) is 4.10. The maximum absolute atomic E-state index is 9.53. The van der Waals surface area contributed by atoms with Crippen LogP contribution in [-0.4, -0.2) is 62.9 Å². The first-order valence-electron chi connectivity index (χ1n) is 11.6. The number of aliphatic hydroxyl groups excluding tert-OH is 1. The molecule has 0 aliphatic heterocycles. The summed E-state index contributed by atoms with van der Waals surface area (Å²) >= 11 is 0. The van der Waals surface area contributed by atoms with Gasteiger partial charge in [0, 0.05) is 26.2 Å². The lowest BCUT2D eigenvalue weighted by atomic mass is 9.72. The topological polar surface area (TPSA) is 69.1 Å². The predicted octanol–water partition coefficient (Wildman–Crippen LogP) is 4.02. The Balaban J connectivity index is 0.00000480. The van der Waals surface area contributed by atoms with Crippen LogP contribution in [0.3, 0.4) is 0 Å². The van der Waals surface area contributed by atoms with Crippen molar-refractivity contribution in [3.8, 4) is 5.75 Å². The van der Waals surface area contributed by atoms with Crippen LogP contribution in [0.5, 0.6) is 5.75 Å². The first kappa shape index (κ1) is 28.0. The number of benzene rings is 1. The lowest BCUT2D eigenvalue weighted by Gasteiger charge is -2.37. The monoisotopic (exact) mass is 546 g/mol. The third-order valence-electron chi connectivity index (χ3n) is 5.89. The van der Waals surface area contributed by atoms with Crippen molar-refractivity contribution in [3.05, 3.63) is 29.8 Å². The van der Waals surface area contributed by atoms with E-state index in [4.69, 9.17) is 9.73 Å². The normalized spacial score (nSPS) is 16.0. The summed E-state index contributed by atoms with van der Waals surface area (Å²) in [7, 11) is 4.15. The van der Waals surface area contributed by atoms with Crippen molar-refractivity contribution in [3.63, 3.8) is 0 Å². The second-order valence-electron chi connectivity index (χ2n) is 8.73. The zero-order valence-electron chi connectivity index (χ0n) is 19.7. The predicted molar refractivity (Wildman–Crippen MR) is 141 cm³/mol. The summed E-state index contributed by atoms with van der Waals surface area (Å²) in [6, 6.07) is 8.23. The van der Waals surface area contributed by atoms with Crippen molar-refractivity contribution < 1.29 is 9.84 Å². The Labute approximate surface area is 206 Å². The molecule has 3 N–H and O–H groups in total. The molecular weight excluding hydrogens is 503 g/mol. The van der Waals surface area contributed by atoms with Gasteiger partial charge in [0.25, 0.3) is 0 Å². The highest BCUT2D eigenvalue weighted by molar-refractivity contribution is 14.0. The summed E-state index contributed by atoms with van der Waals surface area (Å²) in [4.78, 5) is 6.94. The van der Waals surface area contributed by atoms with Gasteiger partial charge in [0.05, 0.1) is 13.2 Å². The van der Waals surface area contributed by atoms with Crippen molar-refractivity contribution in [2.75, 3.05) is 46.9 Å². The molecule has 0 atom stereocenters. The molecule has 0 heterocycles. The van der Waals surface area contributed by atoms with Crippen LogP contribution in [0.15, 0.2) is 29.3 Å². The summed E-state index contributed by atoms with van der Waals surface area (Å²) in [6.45, 7) is 6.45. The van der Waals surface area contributed by atoms with E-state index in [1.54, 1.807) is 0 Å². The van der Waals surface area contributed by atoms with Crippen LogP contribution >= 0.6 is 24.0 Å². The molecular formula is C24H43IN4O2. The van der Waals surface area contributed by atoms with Crippen molar-refractivity contribution in [2.45, 2.75) is 58.4 Å². The average molecular weight is 547 g/mol. The zero-order valence-corrected chi connectivity index (χ0v) is 22.0. The van der Waals surface area contributed by atoms with E-state index in [0.717, 1.165) is 56.4 Å². The van der Waals surface area contributed by atoms with Crippen LogP contribution in [0.4, 0.5) is 0 Å². The number of hydrogen-bond acceptors (Lipinski definition) is 4. The van der Waals surface area contributed by atoms with Crippen molar-refractivity contribution in [2.24, 2.45) is 10.4 Å². The third-order valence-corrected chi connectivity index (χ3v) is 5.89. The van der Waals surface area contributed by atoms with Gasteiger partial charge in [-0.1, -0.05) is 31.4 Å². The number of aliphatic hydroxyl groups is 1. The first-order valence-corrected chi connectivity index (χ1v) is 11.6. The number of rotatable bonds is 12. The van der Waals surface area contributed by atoms with Gasteiger partial charge < -0.3 is 25.4 Å². The van der Waals surface area contributed by atoms with E-state index in [-0.39, 0.29) is 36.0 Å². The highest BCUT2D eigenvalue weighted by atomic mass is 127.